The van der Waals surface area contributed by atoms with Crippen LogP contribution in [0.2, 0.25) is 0 Å². The summed E-state index contributed by atoms with van der Waals surface area (Å²) in [5, 5.41) is 9.23. The number of hydrogen-bond donors (Lipinski definition) is 1. The first-order valence-corrected chi connectivity index (χ1v) is 8.12. The molecule has 0 spiro atoms. The lowest BCUT2D eigenvalue weighted by atomic mass is 10.0. The van der Waals surface area contributed by atoms with E-state index in [2.05, 4.69) is 17.7 Å². The Bertz CT molecular complexity index is 435. The van der Waals surface area contributed by atoms with Gasteiger partial charge < -0.3 is 0 Å². The van der Waals surface area contributed by atoms with Crippen molar-refractivity contribution in [3.05, 3.63) is 0 Å². The number of nitrogens with one attached hydrogen (secondary N) is 1. The number of hydrogen-bond acceptors (Lipinski definition) is 3. The van der Waals surface area contributed by atoms with Gasteiger partial charge in [-0.05, 0) is 31.6 Å². The Morgan fingerprint density at radius 3 is 2.56 bits per heavy atom. The highest BCUT2D eigenvalue weighted by molar-refractivity contribution is 7.87. The van der Waals surface area contributed by atoms with E-state index in [1.807, 2.05) is 0 Å². The van der Waals surface area contributed by atoms with E-state index in [1.54, 1.807) is 0 Å². The number of rotatable bonds is 3. The molecule has 0 aromatic carbocycles. The van der Waals surface area contributed by atoms with E-state index in [9.17, 15) is 13.7 Å². The number of piperidine rings is 1. The molecule has 0 aromatic rings. The minimum Gasteiger partial charge on any atom is -0.196 e. The lowest BCUT2D eigenvalue weighted by Gasteiger charge is -2.32. The van der Waals surface area contributed by atoms with Gasteiger partial charge in [0.15, 0.2) is 0 Å². The molecule has 5 nitrogen and oxygen atoms in total. The average molecular weight is 271 g/mol. The Labute approximate surface area is 109 Å². The van der Waals surface area contributed by atoms with Crippen LogP contribution in [0, 0.1) is 17.2 Å². The van der Waals surface area contributed by atoms with Crippen molar-refractivity contribution in [1.82, 2.24) is 9.03 Å². The summed E-state index contributed by atoms with van der Waals surface area (Å²) in [6, 6.07) is 2.17. The average Bonchev–Trinajstić information content (AvgIpc) is 2.77. The van der Waals surface area contributed by atoms with Crippen molar-refractivity contribution in [3.8, 4) is 6.07 Å². The molecule has 1 unspecified atom stereocenters. The lowest BCUT2D eigenvalue weighted by molar-refractivity contribution is 0.274. The van der Waals surface area contributed by atoms with Gasteiger partial charge in [0.2, 0.25) is 0 Å². The normalized spacial score (nSPS) is 29.0. The molecule has 102 valence electrons. The van der Waals surface area contributed by atoms with E-state index in [-0.39, 0.29) is 0 Å². The van der Waals surface area contributed by atoms with Gasteiger partial charge in [0.1, 0.15) is 5.54 Å². The summed E-state index contributed by atoms with van der Waals surface area (Å²) in [6.07, 6.45) is 5.09. The molecule has 2 fully saturated rings. The zero-order valence-electron chi connectivity index (χ0n) is 10.9. The highest BCUT2D eigenvalue weighted by Gasteiger charge is 2.40. The maximum atomic E-state index is 12.3. The summed E-state index contributed by atoms with van der Waals surface area (Å²) in [4.78, 5) is 0. The molecule has 0 amide bonds. The predicted octanol–water partition coefficient (Wildman–Crippen LogP) is 1.39. The molecular formula is C12H21N3O2S. The van der Waals surface area contributed by atoms with Gasteiger partial charge in [0.05, 0.1) is 6.07 Å². The predicted molar refractivity (Wildman–Crippen MR) is 68.8 cm³/mol. The summed E-state index contributed by atoms with van der Waals surface area (Å²) in [7, 11) is -3.51. The highest BCUT2D eigenvalue weighted by atomic mass is 32.2. The van der Waals surface area contributed by atoms with Crippen LogP contribution in [-0.4, -0.2) is 31.4 Å². The summed E-state index contributed by atoms with van der Waals surface area (Å²) in [5.41, 5.74) is -0.862. The molecule has 1 aliphatic heterocycles. The van der Waals surface area contributed by atoms with Crippen LogP contribution in [0.4, 0.5) is 0 Å². The van der Waals surface area contributed by atoms with Crippen LogP contribution >= 0.6 is 0 Å². The second-order valence-corrected chi connectivity index (χ2v) is 7.28. The van der Waals surface area contributed by atoms with Crippen molar-refractivity contribution in [2.75, 3.05) is 13.1 Å². The van der Waals surface area contributed by atoms with Crippen molar-refractivity contribution in [2.24, 2.45) is 5.92 Å². The van der Waals surface area contributed by atoms with Crippen molar-refractivity contribution in [1.29, 1.82) is 5.26 Å². The van der Waals surface area contributed by atoms with Crippen LogP contribution in [0.5, 0.6) is 0 Å². The molecule has 1 aliphatic carbocycles. The topological polar surface area (TPSA) is 73.2 Å². The lowest BCUT2D eigenvalue weighted by Crippen LogP contribution is -2.53. The minimum atomic E-state index is -3.51. The molecule has 1 heterocycles. The molecular weight excluding hydrogens is 250 g/mol. The van der Waals surface area contributed by atoms with E-state index in [4.69, 9.17) is 0 Å². The first kappa shape index (κ1) is 13.8. The third-order valence-electron chi connectivity index (χ3n) is 3.96. The van der Waals surface area contributed by atoms with Crippen LogP contribution in [0.25, 0.3) is 0 Å². The van der Waals surface area contributed by atoms with E-state index < -0.39 is 15.7 Å². The number of nitrogens with zero attached hydrogens (tertiary/aromatic N) is 2. The fraction of sp³-hybridized carbons (Fsp3) is 0.917. The zero-order valence-corrected chi connectivity index (χ0v) is 11.7. The first-order chi connectivity index (χ1) is 8.47. The summed E-state index contributed by atoms with van der Waals surface area (Å²) in [5.74, 6) is 0.400. The van der Waals surface area contributed by atoms with Crippen LogP contribution in [0.1, 0.15) is 45.4 Å². The fourth-order valence-corrected chi connectivity index (χ4v) is 4.58. The van der Waals surface area contributed by atoms with Crippen LogP contribution in [-0.2, 0) is 10.2 Å². The molecule has 0 bridgehead atoms. The summed E-state index contributed by atoms with van der Waals surface area (Å²) in [6.45, 7) is 3.20. The molecule has 2 rings (SSSR count). The maximum Gasteiger partial charge on any atom is 0.280 e. The largest absolute Gasteiger partial charge is 0.280 e. The van der Waals surface area contributed by atoms with Crippen molar-refractivity contribution < 1.29 is 8.42 Å². The standard InChI is InChI=1S/C12H21N3O2S/c1-11-5-4-8-15(9-11)18(16,17)14-12(10-13)6-2-3-7-12/h11,14H,2-9H2,1H3. The van der Waals surface area contributed by atoms with Gasteiger partial charge in [-0.3, -0.25) is 0 Å². The Kier molecular flexibility index (Phi) is 3.95. The fourth-order valence-electron chi connectivity index (χ4n) is 2.89. The van der Waals surface area contributed by atoms with Crippen molar-refractivity contribution in [2.45, 2.75) is 51.0 Å². The van der Waals surface area contributed by atoms with Crippen molar-refractivity contribution >= 4 is 10.2 Å². The van der Waals surface area contributed by atoms with Gasteiger partial charge in [-0.25, -0.2) is 0 Å². The van der Waals surface area contributed by atoms with Crippen LogP contribution in [0.3, 0.4) is 0 Å². The second-order valence-electron chi connectivity index (χ2n) is 5.61. The highest BCUT2D eigenvalue weighted by Crippen LogP contribution is 2.30. The molecule has 1 N–H and O–H groups in total. The van der Waals surface area contributed by atoms with Gasteiger partial charge in [0, 0.05) is 13.1 Å². The van der Waals surface area contributed by atoms with Gasteiger partial charge >= 0.3 is 0 Å². The third-order valence-corrected chi connectivity index (χ3v) is 5.62. The smallest absolute Gasteiger partial charge is 0.196 e. The Morgan fingerprint density at radius 2 is 2.00 bits per heavy atom. The van der Waals surface area contributed by atoms with Crippen LogP contribution in [0.15, 0.2) is 0 Å². The molecule has 6 heteroatoms. The SMILES string of the molecule is CC1CCCN(S(=O)(=O)NC2(C#N)CCCC2)C1. The van der Waals surface area contributed by atoms with Gasteiger partial charge in [0.25, 0.3) is 10.2 Å². The molecule has 0 aromatic heterocycles. The molecule has 18 heavy (non-hydrogen) atoms. The van der Waals surface area contributed by atoms with Gasteiger partial charge in [-0.15, -0.1) is 0 Å². The van der Waals surface area contributed by atoms with E-state index >= 15 is 0 Å². The second kappa shape index (κ2) is 5.16. The Balaban J connectivity index is 2.09. The van der Waals surface area contributed by atoms with E-state index in [1.165, 1.54) is 4.31 Å². The molecule has 0 radical (unpaired) electrons. The van der Waals surface area contributed by atoms with Gasteiger partial charge in [-0.1, -0.05) is 19.8 Å². The van der Waals surface area contributed by atoms with Gasteiger partial charge in [-0.2, -0.15) is 22.7 Å². The van der Waals surface area contributed by atoms with E-state index in [0.29, 0.717) is 31.8 Å². The maximum absolute atomic E-state index is 12.3. The third kappa shape index (κ3) is 2.85. The summed E-state index contributed by atoms with van der Waals surface area (Å²) >= 11 is 0. The number of nitriles is 1. The monoisotopic (exact) mass is 271 g/mol. The Morgan fingerprint density at radius 1 is 1.33 bits per heavy atom. The molecule has 1 saturated carbocycles. The molecule has 1 atom stereocenters. The quantitative estimate of drug-likeness (QED) is 0.843. The molecule has 2 aliphatic rings. The first-order valence-electron chi connectivity index (χ1n) is 6.68. The van der Waals surface area contributed by atoms with Crippen molar-refractivity contribution in [3.63, 3.8) is 0 Å². The zero-order chi connectivity index (χ0) is 13.2. The summed E-state index contributed by atoms with van der Waals surface area (Å²) < 4.78 is 28.8. The molecule has 1 saturated heterocycles. The van der Waals surface area contributed by atoms with Crippen LogP contribution < -0.4 is 4.72 Å². The van der Waals surface area contributed by atoms with E-state index in [0.717, 1.165) is 25.7 Å². The Hall–Kier alpha value is -0.640. The minimum absolute atomic E-state index is 0.400.